The van der Waals surface area contributed by atoms with E-state index in [1.165, 1.54) is 12.1 Å². The van der Waals surface area contributed by atoms with Crippen LogP contribution in [0.15, 0.2) is 48.5 Å². The molecule has 7 heteroatoms. The van der Waals surface area contributed by atoms with Crippen molar-refractivity contribution < 1.29 is 18.7 Å². The molecule has 0 bridgehead atoms. The number of hydrogen-bond donors (Lipinski definition) is 0. The quantitative estimate of drug-likeness (QED) is 0.769. The van der Waals surface area contributed by atoms with E-state index < -0.39 is 5.82 Å². The van der Waals surface area contributed by atoms with Crippen molar-refractivity contribution in [3.05, 3.63) is 65.5 Å². The maximum absolute atomic E-state index is 14.2. The molecule has 2 aromatic rings. The van der Waals surface area contributed by atoms with E-state index in [9.17, 15) is 14.0 Å². The second-order valence-corrected chi connectivity index (χ2v) is 8.68. The van der Waals surface area contributed by atoms with Gasteiger partial charge in [0, 0.05) is 25.4 Å². The highest BCUT2D eigenvalue weighted by Gasteiger charge is 2.47. The van der Waals surface area contributed by atoms with Crippen LogP contribution in [0.5, 0.6) is 5.75 Å². The van der Waals surface area contributed by atoms with Crippen molar-refractivity contribution >= 4 is 23.6 Å². The van der Waals surface area contributed by atoms with Gasteiger partial charge in [-0.2, -0.15) is 0 Å². The lowest BCUT2D eigenvalue weighted by atomic mass is 10.00. The Labute approximate surface area is 173 Å². The molecule has 152 valence electrons. The Hall–Kier alpha value is -2.54. The highest BCUT2D eigenvalue weighted by atomic mass is 32.2. The van der Waals surface area contributed by atoms with Crippen LogP contribution in [-0.2, 0) is 0 Å². The maximum Gasteiger partial charge on any atom is 0.257 e. The third-order valence-corrected chi connectivity index (χ3v) is 7.25. The predicted octanol–water partition coefficient (Wildman–Crippen LogP) is 3.66. The number of likely N-dealkylation sites (tertiary alicyclic amines) is 1. The van der Waals surface area contributed by atoms with E-state index in [1.807, 2.05) is 17.0 Å². The summed E-state index contributed by atoms with van der Waals surface area (Å²) in [7, 11) is 1.55. The lowest BCUT2D eigenvalue weighted by molar-refractivity contribution is 0.0494. The van der Waals surface area contributed by atoms with Gasteiger partial charge in [0.2, 0.25) is 0 Å². The van der Waals surface area contributed by atoms with Crippen molar-refractivity contribution in [2.45, 2.75) is 17.7 Å². The van der Waals surface area contributed by atoms with E-state index in [4.69, 9.17) is 4.74 Å². The Kier molecular flexibility index (Phi) is 5.50. The third kappa shape index (κ3) is 3.59. The zero-order valence-electron chi connectivity index (χ0n) is 16.3. The van der Waals surface area contributed by atoms with Crippen LogP contribution in [0.3, 0.4) is 0 Å². The van der Waals surface area contributed by atoms with Gasteiger partial charge in [-0.15, -0.1) is 11.8 Å². The Morgan fingerprint density at radius 3 is 2.31 bits per heavy atom. The van der Waals surface area contributed by atoms with Crippen LogP contribution in [0.1, 0.15) is 33.6 Å². The standard InChI is InChI=1S/C22H23FN2O3S/c1-28-19-9-5-3-7-17(19)20(26)24-12-10-22(11-13-24)25(14-15-29-22)21(27)16-6-2-4-8-18(16)23/h2-9H,10-15H2,1H3. The van der Waals surface area contributed by atoms with Gasteiger partial charge in [-0.3, -0.25) is 9.59 Å². The van der Waals surface area contributed by atoms with Gasteiger partial charge < -0.3 is 14.5 Å². The molecule has 29 heavy (non-hydrogen) atoms. The summed E-state index contributed by atoms with van der Waals surface area (Å²) in [5.74, 6) is 0.559. The fourth-order valence-corrected chi connectivity index (χ4v) is 5.60. The number of amides is 2. The minimum absolute atomic E-state index is 0.0627. The molecule has 2 fully saturated rings. The molecule has 0 unspecified atom stereocenters. The number of halogens is 1. The zero-order chi connectivity index (χ0) is 20.4. The Morgan fingerprint density at radius 1 is 0.966 bits per heavy atom. The molecule has 2 saturated heterocycles. The molecule has 2 heterocycles. The fraction of sp³-hybridized carbons (Fsp3) is 0.364. The summed E-state index contributed by atoms with van der Waals surface area (Å²) < 4.78 is 19.5. The molecule has 5 nitrogen and oxygen atoms in total. The number of rotatable bonds is 3. The molecule has 0 saturated carbocycles. The number of ether oxygens (including phenoxy) is 1. The van der Waals surface area contributed by atoms with Crippen molar-refractivity contribution in [1.29, 1.82) is 0 Å². The summed E-state index contributed by atoms with van der Waals surface area (Å²) in [5, 5.41) is 0. The summed E-state index contributed by atoms with van der Waals surface area (Å²) >= 11 is 1.74. The number of para-hydroxylation sites is 1. The van der Waals surface area contributed by atoms with Crippen LogP contribution >= 0.6 is 11.8 Å². The van der Waals surface area contributed by atoms with E-state index in [1.54, 1.807) is 48.0 Å². The summed E-state index contributed by atoms with van der Waals surface area (Å²) in [6.07, 6.45) is 1.33. The van der Waals surface area contributed by atoms with Crippen LogP contribution in [0.4, 0.5) is 4.39 Å². The van der Waals surface area contributed by atoms with Crippen LogP contribution in [0.2, 0.25) is 0 Å². The molecule has 2 aliphatic heterocycles. The average Bonchev–Trinajstić information content (AvgIpc) is 3.16. The summed E-state index contributed by atoms with van der Waals surface area (Å²) in [4.78, 5) is 29.3. The van der Waals surface area contributed by atoms with Crippen LogP contribution in [0.25, 0.3) is 0 Å². The van der Waals surface area contributed by atoms with Crippen LogP contribution in [-0.4, -0.2) is 59.0 Å². The number of nitrogens with zero attached hydrogens (tertiary/aromatic N) is 2. The van der Waals surface area contributed by atoms with Crippen molar-refractivity contribution in [3.63, 3.8) is 0 Å². The molecule has 0 radical (unpaired) electrons. The monoisotopic (exact) mass is 414 g/mol. The highest BCUT2D eigenvalue weighted by Crippen LogP contribution is 2.45. The molecule has 0 atom stereocenters. The smallest absolute Gasteiger partial charge is 0.257 e. The predicted molar refractivity (Wildman–Crippen MR) is 111 cm³/mol. The van der Waals surface area contributed by atoms with E-state index in [2.05, 4.69) is 0 Å². The first-order chi connectivity index (χ1) is 14.1. The average molecular weight is 415 g/mol. The van der Waals surface area contributed by atoms with Gasteiger partial charge in [0.05, 0.1) is 23.1 Å². The topological polar surface area (TPSA) is 49.9 Å². The number of carbonyl (C=O) groups excluding carboxylic acids is 2. The molecular formula is C22H23FN2O3S. The van der Waals surface area contributed by atoms with Crippen molar-refractivity contribution in [2.75, 3.05) is 32.5 Å². The number of methoxy groups -OCH3 is 1. The molecular weight excluding hydrogens is 391 g/mol. The first-order valence-electron chi connectivity index (χ1n) is 9.68. The largest absolute Gasteiger partial charge is 0.496 e. The lowest BCUT2D eigenvalue weighted by Gasteiger charge is -2.44. The Balaban J connectivity index is 1.50. The van der Waals surface area contributed by atoms with Crippen LogP contribution < -0.4 is 4.74 Å². The fourth-order valence-electron chi connectivity index (χ4n) is 4.14. The first kappa shape index (κ1) is 19.8. The van der Waals surface area contributed by atoms with Gasteiger partial charge in [-0.25, -0.2) is 4.39 Å². The number of piperidine rings is 1. The molecule has 2 aliphatic rings. The molecule has 2 amide bonds. The first-order valence-corrected chi connectivity index (χ1v) is 10.7. The molecule has 0 aliphatic carbocycles. The zero-order valence-corrected chi connectivity index (χ0v) is 17.1. The van der Waals surface area contributed by atoms with Gasteiger partial charge in [0.25, 0.3) is 11.8 Å². The van der Waals surface area contributed by atoms with E-state index in [0.717, 1.165) is 5.75 Å². The lowest BCUT2D eigenvalue weighted by Crippen LogP contribution is -2.53. The van der Waals surface area contributed by atoms with Crippen molar-refractivity contribution in [2.24, 2.45) is 0 Å². The van der Waals surface area contributed by atoms with Gasteiger partial charge in [0.15, 0.2) is 0 Å². The number of hydrogen-bond acceptors (Lipinski definition) is 4. The molecule has 0 N–H and O–H groups in total. The number of benzene rings is 2. The second kappa shape index (κ2) is 8.06. The van der Waals surface area contributed by atoms with E-state index in [-0.39, 0.29) is 22.2 Å². The van der Waals surface area contributed by atoms with Crippen LogP contribution in [0, 0.1) is 5.82 Å². The second-order valence-electron chi connectivity index (χ2n) is 7.22. The molecule has 0 aromatic heterocycles. The summed E-state index contributed by atoms with van der Waals surface area (Å²) in [5.41, 5.74) is 0.659. The highest BCUT2D eigenvalue weighted by molar-refractivity contribution is 8.00. The normalized spacial score (nSPS) is 18.1. The molecule has 4 rings (SSSR count). The minimum atomic E-state index is -0.492. The van der Waals surface area contributed by atoms with Gasteiger partial charge >= 0.3 is 0 Å². The SMILES string of the molecule is COc1ccccc1C(=O)N1CCC2(CC1)SCCN2C(=O)c1ccccc1F. The molecule has 1 spiro atoms. The van der Waals surface area contributed by atoms with E-state index in [0.29, 0.717) is 43.8 Å². The summed E-state index contributed by atoms with van der Waals surface area (Å²) in [6.45, 7) is 1.69. The van der Waals surface area contributed by atoms with Crippen molar-refractivity contribution in [3.8, 4) is 5.75 Å². The Bertz CT molecular complexity index is 928. The Morgan fingerprint density at radius 2 is 1.62 bits per heavy atom. The van der Waals surface area contributed by atoms with Crippen molar-refractivity contribution in [1.82, 2.24) is 9.80 Å². The minimum Gasteiger partial charge on any atom is -0.496 e. The van der Waals surface area contributed by atoms with Gasteiger partial charge in [0.1, 0.15) is 11.6 Å². The number of thioether (sulfide) groups is 1. The number of carbonyl (C=O) groups is 2. The van der Waals surface area contributed by atoms with Gasteiger partial charge in [-0.1, -0.05) is 24.3 Å². The maximum atomic E-state index is 14.2. The third-order valence-electron chi connectivity index (χ3n) is 5.70. The summed E-state index contributed by atoms with van der Waals surface area (Å²) in [6, 6.07) is 13.3. The van der Waals surface area contributed by atoms with Gasteiger partial charge in [-0.05, 0) is 37.1 Å². The van der Waals surface area contributed by atoms with E-state index >= 15 is 0 Å². The molecule has 2 aromatic carbocycles.